The Labute approximate surface area is 208 Å². The van der Waals surface area contributed by atoms with Crippen molar-refractivity contribution < 1.29 is 18.7 Å². The van der Waals surface area contributed by atoms with Gasteiger partial charge in [-0.1, -0.05) is 62.2 Å². The van der Waals surface area contributed by atoms with Crippen molar-refractivity contribution in [1.29, 1.82) is 0 Å². The molecule has 35 heavy (non-hydrogen) atoms. The number of rotatable bonds is 13. The van der Waals surface area contributed by atoms with Crippen LogP contribution in [0.4, 0.5) is 4.39 Å². The first-order chi connectivity index (χ1) is 17.0. The van der Waals surface area contributed by atoms with Gasteiger partial charge in [0.25, 0.3) is 0 Å². The van der Waals surface area contributed by atoms with Crippen molar-refractivity contribution in [1.82, 2.24) is 14.7 Å². The lowest BCUT2D eigenvalue weighted by molar-refractivity contribution is -0.138. The molecule has 0 aliphatic carbocycles. The minimum atomic E-state index is -0.271. The SMILES string of the molecule is CCCCCC(=O)N(CCN1CCN(C(=O)COCc2ccccc2)CC1)Cc1ccc(F)cc1. The molecule has 0 spiro atoms. The molecule has 1 saturated heterocycles. The third-order valence-electron chi connectivity index (χ3n) is 6.38. The third-order valence-corrected chi connectivity index (χ3v) is 6.38. The van der Waals surface area contributed by atoms with Gasteiger partial charge < -0.3 is 14.5 Å². The average Bonchev–Trinajstić information content (AvgIpc) is 2.88. The number of ether oxygens (including phenoxy) is 1. The number of unbranched alkanes of at least 4 members (excludes halogenated alkanes) is 2. The van der Waals surface area contributed by atoms with Gasteiger partial charge in [0.1, 0.15) is 12.4 Å². The number of halogens is 1. The topological polar surface area (TPSA) is 53.1 Å². The van der Waals surface area contributed by atoms with E-state index in [1.165, 1.54) is 12.1 Å². The van der Waals surface area contributed by atoms with E-state index in [0.29, 0.717) is 39.2 Å². The first-order valence-electron chi connectivity index (χ1n) is 12.7. The van der Waals surface area contributed by atoms with Crippen molar-refractivity contribution >= 4 is 11.8 Å². The van der Waals surface area contributed by atoms with Gasteiger partial charge in [0.15, 0.2) is 0 Å². The Bertz CT molecular complexity index is 899. The van der Waals surface area contributed by atoms with Crippen molar-refractivity contribution in [3.63, 3.8) is 0 Å². The minimum Gasteiger partial charge on any atom is -0.367 e. The molecule has 2 amide bonds. The molecular weight excluding hydrogens is 445 g/mol. The van der Waals surface area contributed by atoms with Gasteiger partial charge in [0, 0.05) is 52.2 Å². The summed E-state index contributed by atoms with van der Waals surface area (Å²) in [4.78, 5) is 31.4. The Morgan fingerprint density at radius 3 is 2.34 bits per heavy atom. The van der Waals surface area contributed by atoms with Gasteiger partial charge in [-0.15, -0.1) is 0 Å². The molecule has 190 valence electrons. The maximum atomic E-state index is 13.3. The highest BCUT2D eigenvalue weighted by Crippen LogP contribution is 2.11. The summed E-state index contributed by atoms with van der Waals surface area (Å²) in [5, 5.41) is 0. The Hall–Kier alpha value is -2.77. The van der Waals surface area contributed by atoms with E-state index in [1.807, 2.05) is 40.1 Å². The smallest absolute Gasteiger partial charge is 0.248 e. The molecule has 6 nitrogen and oxygen atoms in total. The van der Waals surface area contributed by atoms with Gasteiger partial charge >= 0.3 is 0 Å². The van der Waals surface area contributed by atoms with Crippen LogP contribution in [0.15, 0.2) is 54.6 Å². The van der Waals surface area contributed by atoms with Crippen LogP contribution in [0.1, 0.15) is 43.7 Å². The maximum absolute atomic E-state index is 13.3. The van der Waals surface area contributed by atoms with Crippen LogP contribution < -0.4 is 0 Å². The van der Waals surface area contributed by atoms with Crippen molar-refractivity contribution in [3.8, 4) is 0 Å². The highest BCUT2D eigenvalue weighted by Gasteiger charge is 2.22. The Balaban J connectivity index is 1.42. The molecule has 2 aromatic rings. The summed E-state index contributed by atoms with van der Waals surface area (Å²) in [6, 6.07) is 16.2. The van der Waals surface area contributed by atoms with Crippen LogP contribution in [0.5, 0.6) is 0 Å². The highest BCUT2D eigenvalue weighted by molar-refractivity contribution is 5.77. The number of piperazine rings is 1. The van der Waals surface area contributed by atoms with Gasteiger partial charge in [0.05, 0.1) is 6.61 Å². The molecule has 2 aromatic carbocycles. The fourth-order valence-electron chi connectivity index (χ4n) is 4.19. The second-order valence-electron chi connectivity index (χ2n) is 9.10. The van der Waals surface area contributed by atoms with E-state index in [2.05, 4.69) is 11.8 Å². The van der Waals surface area contributed by atoms with Gasteiger partial charge in [-0.3, -0.25) is 14.5 Å². The fourth-order valence-corrected chi connectivity index (χ4v) is 4.19. The summed E-state index contributed by atoms with van der Waals surface area (Å²) in [5.41, 5.74) is 1.99. The maximum Gasteiger partial charge on any atom is 0.248 e. The molecule has 3 rings (SSSR count). The molecule has 1 aliphatic rings. The van der Waals surface area contributed by atoms with E-state index in [-0.39, 0.29) is 24.2 Å². The molecule has 0 unspecified atom stereocenters. The third kappa shape index (κ3) is 9.42. The van der Waals surface area contributed by atoms with E-state index >= 15 is 0 Å². The van der Waals surface area contributed by atoms with E-state index < -0.39 is 0 Å². The number of hydrogen-bond acceptors (Lipinski definition) is 4. The lowest BCUT2D eigenvalue weighted by Crippen LogP contribution is -2.51. The highest BCUT2D eigenvalue weighted by atomic mass is 19.1. The normalized spacial score (nSPS) is 14.2. The van der Waals surface area contributed by atoms with Crippen molar-refractivity contribution in [2.45, 2.75) is 45.8 Å². The second kappa shape index (κ2) is 14.6. The predicted molar refractivity (Wildman–Crippen MR) is 135 cm³/mol. The number of nitrogens with zero attached hydrogens (tertiary/aromatic N) is 3. The zero-order chi connectivity index (χ0) is 24.9. The van der Waals surface area contributed by atoms with Crippen LogP contribution in [0, 0.1) is 5.82 Å². The first-order valence-corrected chi connectivity index (χ1v) is 12.7. The van der Waals surface area contributed by atoms with Crippen LogP contribution >= 0.6 is 0 Å². The number of carbonyl (C=O) groups is 2. The predicted octanol–water partition coefficient (Wildman–Crippen LogP) is 4.10. The monoisotopic (exact) mass is 483 g/mol. The zero-order valence-corrected chi connectivity index (χ0v) is 20.8. The van der Waals surface area contributed by atoms with Crippen molar-refractivity contribution in [2.24, 2.45) is 0 Å². The largest absolute Gasteiger partial charge is 0.367 e. The van der Waals surface area contributed by atoms with E-state index in [4.69, 9.17) is 4.74 Å². The molecular formula is C28H38FN3O3. The summed E-state index contributed by atoms with van der Waals surface area (Å²) in [7, 11) is 0. The quantitative estimate of drug-likeness (QED) is 0.403. The summed E-state index contributed by atoms with van der Waals surface area (Å²) in [6.07, 6.45) is 3.55. The van der Waals surface area contributed by atoms with Gasteiger partial charge in [-0.2, -0.15) is 0 Å². The molecule has 0 aromatic heterocycles. The molecule has 0 bridgehead atoms. The summed E-state index contributed by atoms with van der Waals surface area (Å²) in [6.45, 7) is 7.39. The van der Waals surface area contributed by atoms with Crippen LogP contribution in [-0.4, -0.2) is 72.4 Å². The van der Waals surface area contributed by atoms with Crippen LogP contribution in [0.3, 0.4) is 0 Å². The molecule has 1 fully saturated rings. The van der Waals surface area contributed by atoms with Gasteiger partial charge in [-0.25, -0.2) is 4.39 Å². The number of amides is 2. The molecule has 7 heteroatoms. The van der Waals surface area contributed by atoms with Gasteiger partial charge in [-0.05, 0) is 29.7 Å². The van der Waals surface area contributed by atoms with E-state index in [1.54, 1.807) is 12.1 Å². The van der Waals surface area contributed by atoms with Crippen molar-refractivity contribution in [2.75, 3.05) is 45.9 Å². The summed E-state index contributed by atoms with van der Waals surface area (Å²) >= 11 is 0. The summed E-state index contributed by atoms with van der Waals surface area (Å²) < 4.78 is 18.9. The Kier molecular flexibility index (Phi) is 11.2. The average molecular weight is 484 g/mol. The summed E-state index contributed by atoms with van der Waals surface area (Å²) in [5.74, 6) is -0.107. The van der Waals surface area contributed by atoms with Crippen LogP contribution in [-0.2, 0) is 27.5 Å². The van der Waals surface area contributed by atoms with Crippen LogP contribution in [0.2, 0.25) is 0 Å². The van der Waals surface area contributed by atoms with Gasteiger partial charge in [0.2, 0.25) is 11.8 Å². The van der Waals surface area contributed by atoms with E-state index in [0.717, 1.165) is 50.0 Å². The lowest BCUT2D eigenvalue weighted by Gasteiger charge is -2.36. The second-order valence-corrected chi connectivity index (χ2v) is 9.10. The molecule has 0 saturated carbocycles. The molecule has 1 aliphatic heterocycles. The molecule has 0 N–H and O–H groups in total. The van der Waals surface area contributed by atoms with Crippen molar-refractivity contribution in [3.05, 3.63) is 71.5 Å². The van der Waals surface area contributed by atoms with Crippen LogP contribution in [0.25, 0.3) is 0 Å². The molecule has 1 heterocycles. The minimum absolute atomic E-state index is 0.0182. The number of hydrogen-bond donors (Lipinski definition) is 0. The Morgan fingerprint density at radius 1 is 0.943 bits per heavy atom. The van der Waals surface area contributed by atoms with E-state index in [9.17, 15) is 14.0 Å². The standard InChI is InChI=1S/C28H38FN3O3/c1-2-3-5-10-27(33)32(21-24-11-13-26(29)14-12-24)20-17-30-15-18-31(19-16-30)28(34)23-35-22-25-8-6-4-7-9-25/h4,6-9,11-14H,2-3,5,10,15-23H2,1H3. The fraction of sp³-hybridized carbons (Fsp3) is 0.500. The zero-order valence-electron chi connectivity index (χ0n) is 20.8. The Morgan fingerprint density at radius 2 is 1.66 bits per heavy atom. The number of benzene rings is 2. The first kappa shape index (κ1) is 26.8. The molecule has 0 atom stereocenters. The lowest BCUT2D eigenvalue weighted by atomic mass is 10.1. The molecule has 0 radical (unpaired) electrons. The number of carbonyl (C=O) groups excluding carboxylic acids is 2.